The number of carbonyl (C=O) groups excluding carboxylic acids is 1. The number of ether oxygens (including phenoxy) is 2. The van der Waals surface area contributed by atoms with E-state index in [9.17, 15) is 4.79 Å². The van der Waals surface area contributed by atoms with Gasteiger partial charge >= 0.3 is 0 Å². The van der Waals surface area contributed by atoms with Crippen LogP contribution >= 0.6 is 11.6 Å². The molecule has 1 heterocycles. The fourth-order valence-corrected chi connectivity index (χ4v) is 2.60. The van der Waals surface area contributed by atoms with Crippen molar-refractivity contribution in [1.29, 1.82) is 0 Å². The highest BCUT2D eigenvalue weighted by molar-refractivity contribution is 6.30. The van der Waals surface area contributed by atoms with Gasteiger partial charge in [0.1, 0.15) is 6.61 Å². The molecule has 0 saturated heterocycles. The highest BCUT2D eigenvalue weighted by atomic mass is 35.5. The molecule has 0 saturated carbocycles. The lowest BCUT2D eigenvalue weighted by Crippen LogP contribution is -2.28. The number of hydrogen-bond acceptors (Lipinski definition) is 6. The number of methoxy groups -OCH3 is 1. The van der Waals surface area contributed by atoms with Gasteiger partial charge in [-0.25, -0.2) is 0 Å². The number of hydrogen-bond donors (Lipinski definition) is 1. The minimum atomic E-state index is -0.116. The molecule has 0 radical (unpaired) electrons. The molecule has 2 aromatic carbocycles. The molecular formula is C20H20ClN3O4. The van der Waals surface area contributed by atoms with Crippen molar-refractivity contribution in [2.45, 2.75) is 12.8 Å². The first-order valence-electron chi connectivity index (χ1n) is 8.77. The van der Waals surface area contributed by atoms with Crippen LogP contribution in [0.1, 0.15) is 12.3 Å². The lowest BCUT2D eigenvalue weighted by atomic mass is 10.2. The largest absolute Gasteiger partial charge is 0.493 e. The van der Waals surface area contributed by atoms with Crippen molar-refractivity contribution in [2.75, 3.05) is 20.3 Å². The molecule has 0 bridgehead atoms. The number of para-hydroxylation sites is 2. The molecule has 0 aliphatic rings. The Labute approximate surface area is 167 Å². The second kappa shape index (κ2) is 9.75. The first kappa shape index (κ1) is 19.7. The summed E-state index contributed by atoms with van der Waals surface area (Å²) in [6, 6.07) is 14.5. The van der Waals surface area contributed by atoms with Gasteiger partial charge in [-0.3, -0.25) is 4.79 Å². The van der Waals surface area contributed by atoms with Crippen LogP contribution < -0.4 is 14.8 Å². The monoisotopic (exact) mass is 401 g/mol. The van der Waals surface area contributed by atoms with Crippen molar-refractivity contribution < 1.29 is 18.8 Å². The molecule has 0 aliphatic carbocycles. The topological polar surface area (TPSA) is 86.5 Å². The second-order valence-corrected chi connectivity index (χ2v) is 6.30. The van der Waals surface area contributed by atoms with E-state index in [2.05, 4.69) is 15.5 Å². The maximum Gasteiger partial charge on any atom is 0.227 e. The van der Waals surface area contributed by atoms with Gasteiger partial charge in [0.15, 0.2) is 11.5 Å². The molecule has 146 valence electrons. The number of halogens is 1. The van der Waals surface area contributed by atoms with Crippen LogP contribution in [0.5, 0.6) is 11.5 Å². The van der Waals surface area contributed by atoms with Crippen molar-refractivity contribution in [1.82, 2.24) is 15.5 Å². The van der Waals surface area contributed by atoms with Gasteiger partial charge in [-0.2, -0.15) is 4.98 Å². The van der Waals surface area contributed by atoms with Gasteiger partial charge in [0, 0.05) is 23.4 Å². The summed E-state index contributed by atoms with van der Waals surface area (Å²) in [6.45, 7) is 0.726. The summed E-state index contributed by atoms with van der Waals surface area (Å²) >= 11 is 5.87. The maximum absolute atomic E-state index is 12.0. The van der Waals surface area contributed by atoms with Gasteiger partial charge in [-0.1, -0.05) is 28.9 Å². The Hall–Kier alpha value is -3.06. The van der Waals surface area contributed by atoms with Crippen LogP contribution in [0, 0.1) is 0 Å². The van der Waals surface area contributed by atoms with Crippen molar-refractivity contribution in [3.63, 3.8) is 0 Å². The summed E-state index contributed by atoms with van der Waals surface area (Å²) in [5.41, 5.74) is 0.803. The fourth-order valence-electron chi connectivity index (χ4n) is 2.47. The molecule has 7 nitrogen and oxygen atoms in total. The van der Waals surface area contributed by atoms with Gasteiger partial charge in [0.2, 0.25) is 17.6 Å². The quantitative estimate of drug-likeness (QED) is 0.552. The molecular weight excluding hydrogens is 382 g/mol. The first-order valence-corrected chi connectivity index (χ1v) is 9.14. The summed E-state index contributed by atoms with van der Waals surface area (Å²) in [4.78, 5) is 16.3. The van der Waals surface area contributed by atoms with Gasteiger partial charge in [-0.05, 0) is 36.4 Å². The Morgan fingerprint density at radius 1 is 1.14 bits per heavy atom. The molecule has 3 aromatic rings. The van der Waals surface area contributed by atoms with Crippen LogP contribution in [0.15, 0.2) is 53.1 Å². The first-order chi connectivity index (χ1) is 13.7. The third-order valence-corrected chi connectivity index (χ3v) is 4.14. The molecule has 28 heavy (non-hydrogen) atoms. The summed E-state index contributed by atoms with van der Waals surface area (Å²) in [5, 5.41) is 7.36. The van der Waals surface area contributed by atoms with Crippen LogP contribution in [0.2, 0.25) is 5.02 Å². The number of nitrogens with zero attached hydrogens (tertiary/aromatic N) is 2. The standard InChI is InChI=1S/C20H20ClN3O4/c1-26-16-4-2-3-5-17(16)27-13-12-22-18(25)10-11-19-23-20(24-28-19)14-6-8-15(21)9-7-14/h2-9H,10-13H2,1H3,(H,22,25). The fraction of sp³-hybridized carbons (Fsp3) is 0.250. The van der Waals surface area contributed by atoms with Crippen LogP contribution in [0.3, 0.4) is 0 Å². The lowest BCUT2D eigenvalue weighted by molar-refractivity contribution is -0.121. The van der Waals surface area contributed by atoms with E-state index < -0.39 is 0 Å². The third kappa shape index (κ3) is 5.47. The summed E-state index contributed by atoms with van der Waals surface area (Å²) in [5.74, 6) is 2.05. The molecule has 0 unspecified atom stereocenters. The Balaban J connectivity index is 1.39. The minimum absolute atomic E-state index is 0.116. The van der Waals surface area contributed by atoms with Gasteiger partial charge in [0.25, 0.3) is 0 Å². The summed E-state index contributed by atoms with van der Waals surface area (Å²) in [7, 11) is 1.58. The Bertz CT molecular complexity index is 912. The number of nitrogens with one attached hydrogen (secondary N) is 1. The van der Waals surface area contributed by atoms with Gasteiger partial charge < -0.3 is 19.3 Å². The molecule has 0 spiro atoms. The number of amides is 1. The number of carbonyl (C=O) groups is 1. The second-order valence-electron chi connectivity index (χ2n) is 5.87. The van der Waals surface area contributed by atoms with E-state index in [-0.39, 0.29) is 12.3 Å². The molecule has 1 N–H and O–H groups in total. The van der Waals surface area contributed by atoms with Crippen molar-refractivity contribution in [2.24, 2.45) is 0 Å². The van der Waals surface area contributed by atoms with Crippen molar-refractivity contribution in [3.8, 4) is 22.9 Å². The molecule has 1 aromatic heterocycles. The number of rotatable bonds is 9. The molecule has 3 rings (SSSR count). The predicted molar refractivity (Wildman–Crippen MR) is 105 cm³/mol. The van der Waals surface area contributed by atoms with E-state index in [1.54, 1.807) is 19.2 Å². The highest BCUT2D eigenvalue weighted by Gasteiger charge is 2.11. The zero-order valence-electron chi connectivity index (χ0n) is 15.4. The molecule has 0 aliphatic heterocycles. The van der Waals surface area contributed by atoms with E-state index >= 15 is 0 Å². The Kier molecular flexibility index (Phi) is 6.86. The van der Waals surface area contributed by atoms with Crippen LogP contribution in [0.4, 0.5) is 0 Å². The summed E-state index contributed by atoms with van der Waals surface area (Å²) in [6.07, 6.45) is 0.608. The lowest BCUT2D eigenvalue weighted by Gasteiger charge is -2.10. The number of aromatic nitrogens is 2. The van der Waals surface area contributed by atoms with Gasteiger partial charge in [-0.15, -0.1) is 0 Å². The molecule has 0 atom stereocenters. The van der Waals surface area contributed by atoms with Crippen LogP contribution in [-0.4, -0.2) is 36.3 Å². The Morgan fingerprint density at radius 3 is 2.64 bits per heavy atom. The number of benzene rings is 2. The number of aryl methyl sites for hydroxylation is 1. The molecule has 0 fully saturated rings. The molecule has 8 heteroatoms. The highest BCUT2D eigenvalue weighted by Crippen LogP contribution is 2.25. The van der Waals surface area contributed by atoms with E-state index in [4.69, 9.17) is 25.6 Å². The van der Waals surface area contributed by atoms with E-state index in [0.717, 1.165) is 5.56 Å². The van der Waals surface area contributed by atoms with Crippen LogP contribution in [-0.2, 0) is 11.2 Å². The minimum Gasteiger partial charge on any atom is -0.493 e. The van der Waals surface area contributed by atoms with Crippen molar-refractivity contribution >= 4 is 17.5 Å². The predicted octanol–water partition coefficient (Wildman–Crippen LogP) is 3.53. The molecule has 1 amide bonds. The van der Waals surface area contributed by atoms with E-state index in [0.29, 0.717) is 47.8 Å². The van der Waals surface area contributed by atoms with Gasteiger partial charge in [0.05, 0.1) is 13.7 Å². The smallest absolute Gasteiger partial charge is 0.227 e. The Morgan fingerprint density at radius 2 is 1.89 bits per heavy atom. The zero-order chi connectivity index (χ0) is 19.8. The normalized spacial score (nSPS) is 10.5. The van der Waals surface area contributed by atoms with E-state index in [1.807, 2.05) is 36.4 Å². The van der Waals surface area contributed by atoms with Crippen molar-refractivity contribution in [3.05, 3.63) is 59.4 Å². The average molecular weight is 402 g/mol. The maximum atomic E-state index is 12.0. The third-order valence-electron chi connectivity index (χ3n) is 3.89. The average Bonchev–Trinajstić information content (AvgIpc) is 3.19. The zero-order valence-corrected chi connectivity index (χ0v) is 16.1. The van der Waals surface area contributed by atoms with Crippen LogP contribution in [0.25, 0.3) is 11.4 Å². The SMILES string of the molecule is COc1ccccc1OCCNC(=O)CCc1nc(-c2ccc(Cl)cc2)no1. The summed E-state index contributed by atoms with van der Waals surface area (Å²) < 4.78 is 16.0. The van der Waals surface area contributed by atoms with E-state index in [1.165, 1.54) is 0 Å².